The summed E-state index contributed by atoms with van der Waals surface area (Å²) >= 11 is 0. The maximum atomic E-state index is 3.10. The number of quaternary nitrogens is 3. The minimum atomic E-state index is 0.871. The fraction of sp³-hybridized carbons (Fsp3) is 0.885. The predicted octanol–water partition coefficient (Wildman–Crippen LogP) is 6.12. The van der Waals surface area contributed by atoms with Crippen LogP contribution < -0.4 is 0 Å². The lowest BCUT2D eigenvalue weighted by Gasteiger charge is -2.62. The highest BCUT2D eigenvalue weighted by molar-refractivity contribution is 5.54. The quantitative estimate of drug-likeness (QED) is 0.208. The zero-order valence-corrected chi connectivity index (χ0v) is 34.6. The van der Waals surface area contributed by atoms with Crippen LogP contribution in [0.5, 0.6) is 0 Å². The molecule has 0 aromatic heterocycles. The molecule has 0 spiro atoms. The third-order valence-corrected chi connectivity index (χ3v) is 26.9. The molecule has 14 fully saturated rings. The number of rotatable bonds is 0. The lowest BCUT2D eigenvalue weighted by molar-refractivity contribution is -0.881. The van der Waals surface area contributed by atoms with E-state index in [-0.39, 0.29) is 0 Å². The molecule has 19 rings (SSSR count). The molecule has 3 nitrogen and oxygen atoms in total. The van der Waals surface area contributed by atoms with E-state index in [2.05, 4.69) is 76.7 Å². The van der Waals surface area contributed by atoms with Gasteiger partial charge in [-0.1, -0.05) is 23.3 Å². The van der Waals surface area contributed by atoms with Crippen molar-refractivity contribution in [2.75, 3.05) is 81.6 Å². The van der Waals surface area contributed by atoms with E-state index in [9.17, 15) is 0 Å². The fourth-order valence-corrected chi connectivity index (χ4v) is 28.6. The first kappa shape index (κ1) is 29.3. The lowest BCUT2D eigenvalue weighted by atomic mass is 9.42. The summed E-state index contributed by atoms with van der Waals surface area (Å²) in [5.74, 6) is 34.2. The van der Waals surface area contributed by atoms with Crippen LogP contribution in [0.2, 0.25) is 0 Å². The predicted molar refractivity (Wildman–Crippen MR) is 210 cm³/mol. The molecule has 2 saturated heterocycles. The third kappa shape index (κ3) is 2.51. The van der Waals surface area contributed by atoms with E-state index in [4.69, 9.17) is 0 Å². The SMILES string of the molecule is C[N+]1(C)CC2=C(C1)C1C3CCC4C5C6C[N+](C)(C)CC6C6C7C8C[N+](C)(C)CC8C8C9C=CC%10C2C2C%11=C%12C%13C(C12)C3C4C1C%13C2C%12C(C9C%11%10)C8C7C2C6C51. The number of fused-ring (bicyclic) bond motifs is 13. The Morgan fingerprint density at radius 1 is 0.327 bits per heavy atom. The Hall–Kier alpha value is -0.900. The van der Waals surface area contributed by atoms with Crippen molar-refractivity contribution in [3.8, 4) is 0 Å². The van der Waals surface area contributed by atoms with Crippen molar-refractivity contribution >= 4 is 0 Å². The third-order valence-electron chi connectivity index (χ3n) is 26.9. The molecule has 0 N–H and O–H groups in total. The Labute approximate surface area is 330 Å². The Balaban J connectivity index is 0.963. The summed E-state index contributed by atoms with van der Waals surface area (Å²) in [5, 5.41) is 0. The van der Waals surface area contributed by atoms with Crippen LogP contribution >= 0.6 is 0 Å². The molecule has 32 atom stereocenters. The van der Waals surface area contributed by atoms with E-state index in [1.807, 2.05) is 0 Å². The average molecular weight is 735 g/mol. The second-order valence-electron chi connectivity index (χ2n) is 28.5. The molecule has 3 heteroatoms. The van der Waals surface area contributed by atoms with Gasteiger partial charge in [-0.15, -0.1) is 0 Å². The molecule has 3 heterocycles. The lowest BCUT2D eigenvalue weighted by Crippen LogP contribution is -2.59. The minimum Gasteiger partial charge on any atom is -0.328 e. The van der Waals surface area contributed by atoms with Gasteiger partial charge in [-0.2, -0.15) is 0 Å². The largest absolute Gasteiger partial charge is 0.328 e. The number of hydrogen-bond donors (Lipinski definition) is 0. The van der Waals surface area contributed by atoms with Gasteiger partial charge in [-0.05, 0) is 190 Å². The van der Waals surface area contributed by atoms with Crippen LogP contribution in [-0.4, -0.2) is 95.0 Å². The summed E-state index contributed by atoms with van der Waals surface area (Å²) in [6, 6.07) is 0. The second kappa shape index (κ2) is 7.90. The van der Waals surface area contributed by atoms with Crippen LogP contribution in [0, 0.1) is 189 Å². The maximum Gasteiger partial charge on any atom is 0.101 e. The number of likely N-dealkylation sites (N-methyl/N-ethyl adjacent to an activating group) is 1. The summed E-state index contributed by atoms with van der Waals surface area (Å²) in [4.78, 5) is 0. The van der Waals surface area contributed by atoms with Crippen molar-refractivity contribution in [2.45, 2.75) is 12.8 Å². The molecular weight excluding hydrogens is 667 g/mol. The highest BCUT2D eigenvalue weighted by Crippen LogP contribution is 2.93. The van der Waals surface area contributed by atoms with Gasteiger partial charge in [0, 0.05) is 23.7 Å². The van der Waals surface area contributed by atoms with Crippen molar-refractivity contribution in [3.05, 3.63) is 34.4 Å². The molecule has 0 radical (unpaired) electrons. The molecule has 32 unspecified atom stereocenters. The normalized spacial score (nSPS) is 75.1. The Morgan fingerprint density at radius 3 is 1.49 bits per heavy atom. The van der Waals surface area contributed by atoms with Crippen molar-refractivity contribution in [3.63, 3.8) is 0 Å². The Kier molecular flexibility index (Phi) is 4.21. The summed E-state index contributed by atoms with van der Waals surface area (Å²) in [5.41, 5.74) is 8.97. The van der Waals surface area contributed by atoms with Gasteiger partial charge in [-0.3, -0.25) is 0 Å². The summed E-state index contributed by atoms with van der Waals surface area (Å²) in [7, 11) is 16.2. The first-order valence-electron chi connectivity index (χ1n) is 25.1. The fourth-order valence-electron chi connectivity index (χ4n) is 28.6. The van der Waals surface area contributed by atoms with Crippen molar-refractivity contribution in [2.24, 2.45) is 189 Å². The molecule has 0 aromatic rings. The Bertz CT molecular complexity index is 2140. The van der Waals surface area contributed by atoms with Gasteiger partial charge in [0.15, 0.2) is 0 Å². The van der Waals surface area contributed by atoms with Gasteiger partial charge in [0.05, 0.1) is 68.5 Å². The smallest absolute Gasteiger partial charge is 0.101 e. The Morgan fingerprint density at radius 2 is 0.782 bits per heavy atom. The van der Waals surface area contributed by atoms with Gasteiger partial charge in [-0.25, -0.2) is 0 Å². The van der Waals surface area contributed by atoms with Crippen LogP contribution in [-0.2, 0) is 0 Å². The summed E-state index contributed by atoms with van der Waals surface area (Å²) in [6.07, 6.45) is 9.48. The van der Waals surface area contributed by atoms with Crippen molar-refractivity contribution < 1.29 is 13.4 Å². The topological polar surface area (TPSA) is 0 Å². The van der Waals surface area contributed by atoms with Crippen LogP contribution in [0.25, 0.3) is 0 Å². The van der Waals surface area contributed by atoms with Crippen LogP contribution in [0.3, 0.4) is 0 Å². The number of nitrogens with zero attached hydrogens (tertiary/aromatic N) is 3. The maximum absolute atomic E-state index is 3.10. The van der Waals surface area contributed by atoms with Gasteiger partial charge in [0.2, 0.25) is 0 Å². The highest BCUT2D eigenvalue weighted by atomic mass is 15.3. The minimum absolute atomic E-state index is 0.871. The molecule has 0 amide bonds. The molecule has 288 valence electrons. The molecule has 0 bridgehead atoms. The van der Waals surface area contributed by atoms with E-state index in [0.29, 0.717) is 0 Å². The van der Waals surface area contributed by atoms with Gasteiger partial charge in [0.25, 0.3) is 0 Å². The zero-order chi connectivity index (χ0) is 35.4. The van der Waals surface area contributed by atoms with Crippen molar-refractivity contribution in [1.82, 2.24) is 0 Å². The van der Waals surface area contributed by atoms with Crippen LogP contribution in [0.15, 0.2) is 34.4 Å². The number of likely N-dealkylation sites (tertiary alicyclic amines) is 2. The first-order valence-corrected chi connectivity index (χ1v) is 25.1. The van der Waals surface area contributed by atoms with E-state index < -0.39 is 0 Å². The number of hydrogen-bond acceptors (Lipinski definition) is 0. The average Bonchev–Trinajstić information content (AvgIpc) is 3.98. The van der Waals surface area contributed by atoms with E-state index in [1.165, 1.54) is 33.1 Å². The zero-order valence-electron chi connectivity index (χ0n) is 34.6. The highest BCUT2D eigenvalue weighted by Gasteiger charge is 2.89. The summed E-state index contributed by atoms with van der Waals surface area (Å²) in [6.45, 7) is 9.01. The van der Waals surface area contributed by atoms with Gasteiger partial charge >= 0.3 is 0 Å². The molecule has 55 heavy (non-hydrogen) atoms. The molecular formula is C52H68N3+3. The first-order chi connectivity index (χ1) is 26.5. The monoisotopic (exact) mass is 735 g/mol. The van der Waals surface area contributed by atoms with E-state index in [0.717, 1.165) is 189 Å². The molecule has 12 saturated carbocycles. The van der Waals surface area contributed by atoms with Gasteiger partial charge in [0.1, 0.15) is 13.1 Å². The standard InChI is InChI=1S/C52H68N3/c1-53(2)11-21-22(12-53)28-18-8-10-20-30-24-14-55(5,6)16-26(24)36-35-25-15-54(3,4)13-23(25)29-19-9-7-17-27(21)37-38(28)42-32(18)34(20)44-40(30)46(36)47-45(35)39(29)43-33(19)31(17)41(37)48-49(42)51(44)52(47)50(43)48/h7,9,17-20,23-40,42-47,49-52H,8,10-16H2,1-6H3/q+3. The molecule has 3 aliphatic heterocycles. The van der Waals surface area contributed by atoms with E-state index in [1.54, 1.807) is 32.5 Å². The molecule has 19 aliphatic rings. The summed E-state index contributed by atoms with van der Waals surface area (Å²) < 4.78 is 4.00. The van der Waals surface area contributed by atoms with Crippen LogP contribution in [0.1, 0.15) is 12.8 Å². The van der Waals surface area contributed by atoms with E-state index >= 15 is 0 Å². The van der Waals surface area contributed by atoms with Crippen LogP contribution in [0.4, 0.5) is 0 Å². The number of allylic oxidation sites excluding steroid dienone is 4. The van der Waals surface area contributed by atoms with Crippen molar-refractivity contribution in [1.29, 1.82) is 0 Å². The molecule has 0 aromatic carbocycles. The molecule has 16 aliphatic carbocycles. The van der Waals surface area contributed by atoms with Gasteiger partial charge < -0.3 is 13.4 Å². The second-order valence-corrected chi connectivity index (χ2v) is 28.5.